The predicted octanol–water partition coefficient (Wildman–Crippen LogP) is 5.32. The van der Waals surface area contributed by atoms with Gasteiger partial charge in [-0.25, -0.2) is 4.98 Å². The van der Waals surface area contributed by atoms with Gasteiger partial charge >= 0.3 is 0 Å². The summed E-state index contributed by atoms with van der Waals surface area (Å²) in [7, 11) is 1.89. The first-order valence-corrected chi connectivity index (χ1v) is 10.1. The van der Waals surface area contributed by atoms with E-state index in [-0.39, 0.29) is 0 Å². The van der Waals surface area contributed by atoms with Crippen molar-refractivity contribution in [3.8, 4) is 33.8 Å². The third-order valence-electron chi connectivity index (χ3n) is 4.87. The monoisotopic (exact) mass is 438 g/mol. The van der Waals surface area contributed by atoms with Crippen molar-refractivity contribution in [1.29, 1.82) is 0 Å². The highest BCUT2D eigenvalue weighted by Gasteiger charge is 2.18. The van der Waals surface area contributed by atoms with Crippen molar-refractivity contribution >= 4 is 28.8 Å². The topological polar surface area (TPSA) is 74.0 Å². The van der Waals surface area contributed by atoms with Crippen molar-refractivity contribution in [2.24, 2.45) is 7.05 Å². The molecule has 0 bridgehead atoms. The number of hydrogen-bond donors (Lipinski definition) is 0. The molecular weight excluding hydrogens is 423 g/mol. The minimum Gasteiger partial charge on any atom is -0.421 e. The lowest BCUT2D eigenvalue weighted by Gasteiger charge is -2.08. The second-order valence-electron chi connectivity index (χ2n) is 6.86. The molecule has 5 rings (SSSR count). The summed E-state index contributed by atoms with van der Waals surface area (Å²) in [5.74, 6) is 0.847. The van der Waals surface area contributed by atoms with Crippen LogP contribution in [-0.4, -0.2) is 29.4 Å². The van der Waals surface area contributed by atoms with E-state index in [0.29, 0.717) is 33.8 Å². The van der Waals surface area contributed by atoms with Crippen LogP contribution in [-0.2, 0) is 13.5 Å². The number of nitrogens with zero attached hydrogens (tertiary/aromatic N) is 6. The first-order valence-electron chi connectivity index (χ1n) is 9.32. The van der Waals surface area contributed by atoms with Gasteiger partial charge < -0.3 is 4.42 Å². The molecule has 4 heterocycles. The zero-order chi connectivity index (χ0) is 20.8. The first-order chi connectivity index (χ1) is 14.5. The Morgan fingerprint density at radius 1 is 1.00 bits per heavy atom. The fraction of sp³-hybridized carbons (Fsp3) is 0.143. The molecule has 0 fully saturated rings. The van der Waals surface area contributed by atoms with E-state index in [1.54, 1.807) is 10.9 Å². The lowest BCUT2D eigenvalue weighted by atomic mass is 10.1. The SMILES string of the molecule is CCc1nnc(-c2c(Cl)cc(-c3cnc4cc(-c5cnn(C)c5)ccn34)cc2Cl)o1. The number of fused-ring (bicyclic) bond motifs is 1. The van der Waals surface area contributed by atoms with Crippen molar-refractivity contribution in [3.63, 3.8) is 0 Å². The molecule has 0 saturated carbocycles. The summed E-state index contributed by atoms with van der Waals surface area (Å²) < 4.78 is 9.39. The Bertz CT molecular complexity index is 1360. The largest absolute Gasteiger partial charge is 0.421 e. The van der Waals surface area contributed by atoms with Gasteiger partial charge in [0.2, 0.25) is 5.89 Å². The maximum Gasteiger partial charge on any atom is 0.250 e. The lowest BCUT2D eigenvalue weighted by Crippen LogP contribution is -1.91. The highest BCUT2D eigenvalue weighted by molar-refractivity contribution is 6.39. The highest BCUT2D eigenvalue weighted by atomic mass is 35.5. The van der Waals surface area contributed by atoms with Gasteiger partial charge in [0.15, 0.2) is 0 Å². The Labute approximate surface area is 181 Å². The van der Waals surface area contributed by atoms with Crippen LogP contribution in [0.4, 0.5) is 0 Å². The predicted molar refractivity (Wildman–Crippen MR) is 116 cm³/mol. The fourth-order valence-corrected chi connectivity index (χ4v) is 4.02. The maximum absolute atomic E-state index is 6.55. The zero-order valence-corrected chi connectivity index (χ0v) is 17.7. The summed E-state index contributed by atoms with van der Waals surface area (Å²) in [4.78, 5) is 4.55. The molecule has 4 aromatic heterocycles. The Morgan fingerprint density at radius 3 is 2.47 bits per heavy atom. The van der Waals surface area contributed by atoms with Crippen molar-refractivity contribution in [2.45, 2.75) is 13.3 Å². The molecule has 0 aliphatic carbocycles. The average Bonchev–Trinajstić information content (AvgIpc) is 3.46. The van der Waals surface area contributed by atoms with Gasteiger partial charge in [-0.2, -0.15) is 5.10 Å². The zero-order valence-electron chi connectivity index (χ0n) is 16.2. The third kappa shape index (κ3) is 3.16. The number of pyridine rings is 1. The van der Waals surface area contributed by atoms with E-state index >= 15 is 0 Å². The van der Waals surface area contributed by atoms with E-state index in [1.807, 2.05) is 61.2 Å². The van der Waals surface area contributed by atoms with Crippen molar-refractivity contribution in [1.82, 2.24) is 29.4 Å². The van der Waals surface area contributed by atoms with Gasteiger partial charge in [0.1, 0.15) is 5.65 Å². The molecule has 150 valence electrons. The Balaban J connectivity index is 1.57. The summed E-state index contributed by atoms with van der Waals surface area (Å²) in [5.41, 5.74) is 5.13. The van der Waals surface area contributed by atoms with E-state index in [2.05, 4.69) is 20.3 Å². The number of hydrogen-bond acceptors (Lipinski definition) is 5. The van der Waals surface area contributed by atoms with Crippen LogP contribution in [0.5, 0.6) is 0 Å². The third-order valence-corrected chi connectivity index (χ3v) is 5.47. The molecule has 9 heteroatoms. The molecule has 7 nitrogen and oxygen atoms in total. The van der Waals surface area contributed by atoms with E-state index in [9.17, 15) is 0 Å². The van der Waals surface area contributed by atoms with Crippen LogP contribution >= 0.6 is 23.2 Å². The fourth-order valence-electron chi connectivity index (χ4n) is 3.37. The number of aryl methyl sites for hydroxylation is 2. The van der Waals surface area contributed by atoms with Gasteiger partial charge in [0.05, 0.1) is 33.7 Å². The summed E-state index contributed by atoms with van der Waals surface area (Å²) in [6.07, 6.45) is 8.21. The molecule has 0 atom stereocenters. The lowest BCUT2D eigenvalue weighted by molar-refractivity contribution is 0.513. The molecule has 0 N–H and O–H groups in total. The van der Waals surface area contributed by atoms with Gasteiger partial charge in [-0.15, -0.1) is 10.2 Å². The number of benzene rings is 1. The van der Waals surface area contributed by atoms with Crippen molar-refractivity contribution in [2.75, 3.05) is 0 Å². The molecule has 0 aliphatic heterocycles. The second-order valence-corrected chi connectivity index (χ2v) is 7.67. The molecule has 0 amide bonds. The summed E-state index contributed by atoms with van der Waals surface area (Å²) in [6.45, 7) is 1.94. The summed E-state index contributed by atoms with van der Waals surface area (Å²) >= 11 is 13.1. The van der Waals surface area contributed by atoms with E-state index < -0.39 is 0 Å². The Morgan fingerprint density at radius 2 is 1.80 bits per heavy atom. The maximum atomic E-state index is 6.55. The molecular formula is C21H16Cl2N6O. The van der Waals surface area contributed by atoms with Crippen LogP contribution in [0.3, 0.4) is 0 Å². The van der Waals surface area contributed by atoms with Crippen LogP contribution in [0.2, 0.25) is 10.0 Å². The normalized spacial score (nSPS) is 11.5. The molecule has 1 aromatic carbocycles. The molecule has 30 heavy (non-hydrogen) atoms. The van der Waals surface area contributed by atoms with Crippen LogP contribution in [0.25, 0.3) is 39.5 Å². The molecule has 0 unspecified atom stereocenters. The van der Waals surface area contributed by atoms with Gasteiger partial charge in [-0.05, 0) is 29.8 Å². The van der Waals surface area contributed by atoms with E-state index in [4.69, 9.17) is 27.6 Å². The van der Waals surface area contributed by atoms with Crippen LogP contribution in [0, 0.1) is 0 Å². The van der Waals surface area contributed by atoms with Crippen LogP contribution in [0.1, 0.15) is 12.8 Å². The minimum atomic E-state index is 0.313. The molecule has 0 spiro atoms. The smallest absolute Gasteiger partial charge is 0.250 e. The Kier molecular flexibility index (Phi) is 4.56. The van der Waals surface area contributed by atoms with Gasteiger partial charge in [0.25, 0.3) is 5.89 Å². The second kappa shape index (κ2) is 7.27. The van der Waals surface area contributed by atoms with Crippen molar-refractivity contribution in [3.05, 3.63) is 65.0 Å². The number of rotatable bonds is 4. The van der Waals surface area contributed by atoms with Gasteiger partial charge in [-0.1, -0.05) is 30.1 Å². The standard InChI is InChI=1S/C21H16Cl2N6O/c1-3-19-26-27-21(30-19)20-15(22)6-13(7-16(20)23)17-10-24-18-8-12(4-5-29(17)18)14-9-25-28(2)11-14/h4-11H,3H2,1-2H3. The highest BCUT2D eigenvalue weighted by Crippen LogP contribution is 2.38. The van der Waals surface area contributed by atoms with E-state index in [0.717, 1.165) is 28.0 Å². The first kappa shape index (κ1) is 18.8. The number of halogens is 2. The summed E-state index contributed by atoms with van der Waals surface area (Å²) in [5, 5.41) is 13.1. The van der Waals surface area contributed by atoms with Crippen molar-refractivity contribution < 1.29 is 4.42 Å². The minimum absolute atomic E-state index is 0.313. The molecule has 5 aromatic rings. The Hall–Kier alpha value is -3.16. The number of imidazole rings is 1. The molecule has 0 saturated heterocycles. The summed E-state index contributed by atoms with van der Waals surface area (Å²) in [6, 6.07) is 7.70. The van der Waals surface area contributed by atoms with Crippen LogP contribution < -0.4 is 0 Å². The molecule has 0 radical (unpaired) electrons. The van der Waals surface area contributed by atoms with Gasteiger partial charge in [0, 0.05) is 37.0 Å². The van der Waals surface area contributed by atoms with Gasteiger partial charge in [-0.3, -0.25) is 9.08 Å². The van der Waals surface area contributed by atoms with E-state index in [1.165, 1.54) is 0 Å². The average molecular weight is 439 g/mol. The van der Waals surface area contributed by atoms with Crippen LogP contribution in [0.15, 0.2) is 53.5 Å². The number of aromatic nitrogens is 6. The quantitative estimate of drug-likeness (QED) is 0.379. The molecule has 0 aliphatic rings.